The first kappa shape index (κ1) is 15.7. The molecule has 0 bridgehead atoms. The summed E-state index contributed by atoms with van der Waals surface area (Å²) in [4.78, 5) is 7.16. The van der Waals surface area contributed by atoms with E-state index in [1.807, 2.05) is 47.3 Å². The molecule has 4 aromatic rings. The Morgan fingerprint density at radius 3 is 2.08 bits per heavy atom. The number of aromatic nitrogens is 4. The lowest BCUT2D eigenvalue weighted by molar-refractivity contribution is 0.289. The van der Waals surface area contributed by atoms with Gasteiger partial charge in [0.15, 0.2) is 0 Å². The standard InChI is InChI=1S/C20H21N5/c1-3-24(4-2)14-15-13-21-23-25(15)20-16-9-5-7-11-18(16)22-19-12-8-6-10-17(19)20/h5-13H,3-4,14H2,1-2H3. The zero-order valence-electron chi connectivity index (χ0n) is 14.6. The van der Waals surface area contributed by atoms with Gasteiger partial charge >= 0.3 is 0 Å². The van der Waals surface area contributed by atoms with E-state index in [0.29, 0.717) is 0 Å². The van der Waals surface area contributed by atoms with Gasteiger partial charge in [-0.05, 0) is 25.2 Å². The van der Waals surface area contributed by atoms with Gasteiger partial charge in [0.05, 0.1) is 28.6 Å². The van der Waals surface area contributed by atoms with Crippen molar-refractivity contribution in [1.29, 1.82) is 0 Å². The fourth-order valence-corrected chi connectivity index (χ4v) is 3.27. The Morgan fingerprint density at radius 2 is 1.48 bits per heavy atom. The van der Waals surface area contributed by atoms with Crippen molar-refractivity contribution in [3.63, 3.8) is 0 Å². The fourth-order valence-electron chi connectivity index (χ4n) is 3.27. The van der Waals surface area contributed by atoms with Crippen molar-refractivity contribution < 1.29 is 0 Å². The van der Waals surface area contributed by atoms with Gasteiger partial charge in [0.2, 0.25) is 0 Å². The van der Waals surface area contributed by atoms with Crippen LogP contribution in [0.5, 0.6) is 0 Å². The van der Waals surface area contributed by atoms with Gasteiger partial charge in [0, 0.05) is 17.3 Å². The summed E-state index contributed by atoms with van der Waals surface area (Å²) in [6, 6.07) is 16.4. The second kappa shape index (κ2) is 6.61. The Balaban J connectivity index is 1.98. The molecule has 0 aliphatic carbocycles. The SMILES string of the molecule is CCN(CC)Cc1cnnn1-c1c2ccccc2nc2ccccc12. The largest absolute Gasteiger partial charge is 0.298 e. The summed E-state index contributed by atoms with van der Waals surface area (Å²) in [5.41, 5.74) is 4.09. The van der Waals surface area contributed by atoms with Crippen LogP contribution >= 0.6 is 0 Å². The van der Waals surface area contributed by atoms with E-state index in [4.69, 9.17) is 4.98 Å². The molecule has 0 aliphatic rings. The summed E-state index contributed by atoms with van der Waals surface area (Å²) in [7, 11) is 0. The van der Waals surface area contributed by atoms with Crippen molar-refractivity contribution in [2.75, 3.05) is 13.1 Å². The molecule has 2 heterocycles. The molecule has 0 aliphatic heterocycles. The van der Waals surface area contributed by atoms with E-state index >= 15 is 0 Å². The zero-order chi connectivity index (χ0) is 17.2. The molecule has 0 spiro atoms. The topological polar surface area (TPSA) is 46.8 Å². The summed E-state index contributed by atoms with van der Waals surface area (Å²) >= 11 is 0. The van der Waals surface area contributed by atoms with Crippen molar-refractivity contribution in [2.45, 2.75) is 20.4 Å². The van der Waals surface area contributed by atoms with Crippen molar-refractivity contribution >= 4 is 21.8 Å². The normalized spacial score (nSPS) is 11.6. The number of hydrogen-bond acceptors (Lipinski definition) is 4. The number of pyridine rings is 1. The molecule has 0 radical (unpaired) electrons. The van der Waals surface area contributed by atoms with Gasteiger partial charge in [-0.3, -0.25) is 4.90 Å². The second-order valence-electron chi connectivity index (χ2n) is 6.09. The lowest BCUT2D eigenvalue weighted by Gasteiger charge is -2.19. The van der Waals surface area contributed by atoms with Crippen LogP contribution in [0.4, 0.5) is 0 Å². The molecular formula is C20H21N5. The predicted octanol–water partition coefficient (Wildman–Crippen LogP) is 3.81. The lowest BCUT2D eigenvalue weighted by Crippen LogP contribution is -2.23. The maximum atomic E-state index is 4.80. The van der Waals surface area contributed by atoms with Crippen LogP contribution in [0.2, 0.25) is 0 Å². The minimum absolute atomic E-state index is 0.824. The molecule has 0 saturated heterocycles. The number of rotatable bonds is 5. The molecule has 4 rings (SSSR count). The van der Waals surface area contributed by atoms with E-state index in [2.05, 4.69) is 41.2 Å². The maximum absolute atomic E-state index is 4.80. The van der Waals surface area contributed by atoms with Crippen molar-refractivity contribution in [1.82, 2.24) is 24.9 Å². The van der Waals surface area contributed by atoms with E-state index in [0.717, 1.165) is 52.8 Å². The third-order valence-electron chi connectivity index (χ3n) is 4.67. The number of nitrogens with zero attached hydrogens (tertiary/aromatic N) is 5. The number of fused-ring (bicyclic) bond motifs is 2. The molecule has 0 fully saturated rings. The first-order valence-electron chi connectivity index (χ1n) is 8.71. The number of hydrogen-bond donors (Lipinski definition) is 0. The highest BCUT2D eigenvalue weighted by Crippen LogP contribution is 2.29. The molecule has 0 amide bonds. The van der Waals surface area contributed by atoms with Crippen LogP contribution in [0.15, 0.2) is 54.7 Å². The van der Waals surface area contributed by atoms with Gasteiger partial charge in [-0.25, -0.2) is 9.67 Å². The third-order valence-corrected chi connectivity index (χ3v) is 4.67. The molecular weight excluding hydrogens is 310 g/mol. The van der Waals surface area contributed by atoms with Crippen LogP contribution in [-0.2, 0) is 6.54 Å². The fraction of sp³-hybridized carbons (Fsp3) is 0.250. The first-order chi connectivity index (χ1) is 12.3. The molecule has 0 atom stereocenters. The van der Waals surface area contributed by atoms with Crippen LogP contribution in [0.3, 0.4) is 0 Å². The summed E-state index contributed by atoms with van der Waals surface area (Å²) in [5, 5.41) is 10.8. The molecule has 0 saturated carbocycles. The average Bonchev–Trinajstić information content (AvgIpc) is 3.11. The number of benzene rings is 2. The average molecular weight is 331 g/mol. The quantitative estimate of drug-likeness (QED) is 0.522. The Hall–Kier alpha value is -2.79. The Kier molecular flexibility index (Phi) is 4.15. The van der Waals surface area contributed by atoms with Crippen LogP contribution in [0, 0.1) is 0 Å². The van der Waals surface area contributed by atoms with Crippen LogP contribution in [-0.4, -0.2) is 38.0 Å². The highest BCUT2D eigenvalue weighted by Gasteiger charge is 2.16. The van der Waals surface area contributed by atoms with Gasteiger partial charge in [0.25, 0.3) is 0 Å². The van der Waals surface area contributed by atoms with Gasteiger partial charge in [-0.1, -0.05) is 55.5 Å². The lowest BCUT2D eigenvalue weighted by atomic mass is 10.1. The van der Waals surface area contributed by atoms with Crippen LogP contribution in [0.25, 0.3) is 27.5 Å². The minimum atomic E-state index is 0.824. The monoisotopic (exact) mass is 331 g/mol. The van der Waals surface area contributed by atoms with E-state index < -0.39 is 0 Å². The Morgan fingerprint density at radius 1 is 0.880 bits per heavy atom. The highest BCUT2D eigenvalue weighted by molar-refractivity contribution is 6.03. The molecule has 0 unspecified atom stereocenters. The van der Waals surface area contributed by atoms with E-state index in [1.54, 1.807) is 0 Å². The van der Waals surface area contributed by atoms with Crippen LogP contribution < -0.4 is 0 Å². The first-order valence-corrected chi connectivity index (χ1v) is 8.71. The van der Waals surface area contributed by atoms with Gasteiger partial charge in [-0.2, -0.15) is 0 Å². The molecule has 5 nitrogen and oxygen atoms in total. The summed E-state index contributed by atoms with van der Waals surface area (Å²) in [5.74, 6) is 0. The smallest absolute Gasteiger partial charge is 0.0855 e. The molecule has 5 heteroatoms. The van der Waals surface area contributed by atoms with Gasteiger partial charge in [0.1, 0.15) is 0 Å². The molecule has 0 N–H and O–H groups in total. The van der Waals surface area contributed by atoms with E-state index in [1.165, 1.54) is 0 Å². The summed E-state index contributed by atoms with van der Waals surface area (Å²) in [6.45, 7) is 7.17. The summed E-state index contributed by atoms with van der Waals surface area (Å²) in [6.07, 6.45) is 1.86. The Bertz CT molecular complexity index is 963. The van der Waals surface area contributed by atoms with Gasteiger partial charge < -0.3 is 0 Å². The minimum Gasteiger partial charge on any atom is -0.298 e. The molecule has 2 aromatic heterocycles. The van der Waals surface area contributed by atoms with E-state index in [-0.39, 0.29) is 0 Å². The van der Waals surface area contributed by atoms with Crippen LogP contribution in [0.1, 0.15) is 19.5 Å². The predicted molar refractivity (Wildman–Crippen MR) is 101 cm³/mol. The van der Waals surface area contributed by atoms with Crippen molar-refractivity contribution in [3.8, 4) is 5.69 Å². The van der Waals surface area contributed by atoms with Crippen molar-refractivity contribution in [2.24, 2.45) is 0 Å². The highest BCUT2D eigenvalue weighted by atomic mass is 15.4. The second-order valence-corrected chi connectivity index (χ2v) is 6.09. The van der Waals surface area contributed by atoms with Gasteiger partial charge in [-0.15, -0.1) is 5.10 Å². The molecule has 25 heavy (non-hydrogen) atoms. The van der Waals surface area contributed by atoms with E-state index in [9.17, 15) is 0 Å². The summed E-state index contributed by atoms with van der Waals surface area (Å²) < 4.78 is 1.98. The Labute approximate surface area is 146 Å². The zero-order valence-corrected chi connectivity index (χ0v) is 14.6. The molecule has 2 aromatic carbocycles. The third kappa shape index (κ3) is 2.76. The maximum Gasteiger partial charge on any atom is 0.0855 e. The van der Waals surface area contributed by atoms with Crippen molar-refractivity contribution in [3.05, 3.63) is 60.4 Å². The molecule has 126 valence electrons. The number of para-hydroxylation sites is 2.